The van der Waals surface area contributed by atoms with Gasteiger partial charge in [0.15, 0.2) is 11.0 Å². The van der Waals surface area contributed by atoms with E-state index in [1.165, 1.54) is 36.0 Å². The Morgan fingerprint density at radius 3 is 2.58 bits per heavy atom. The van der Waals surface area contributed by atoms with Crippen molar-refractivity contribution in [1.82, 2.24) is 14.5 Å². The fourth-order valence-corrected chi connectivity index (χ4v) is 4.06. The van der Waals surface area contributed by atoms with E-state index in [0.29, 0.717) is 28.8 Å². The van der Waals surface area contributed by atoms with Crippen LogP contribution in [0.5, 0.6) is 0 Å². The summed E-state index contributed by atoms with van der Waals surface area (Å²) in [7, 11) is 0. The second-order valence-corrected chi connectivity index (χ2v) is 7.88. The molecule has 2 aliphatic heterocycles. The highest BCUT2D eigenvalue weighted by atomic mass is 32.2. The van der Waals surface area contributed by atoms with Gasteiger partial charge < -0.3 is 9.88 Å². The second kappa shape index (κ2) is 9.26. The number of nitrogens with one attached hydrogen (secondary N) is 1. The molecule has 4 rings (SSSR count). The van der Waals surface area contributed by atoms with Crippen LogP contribution in [0.4, 0.5) is 14.5 Å². The summed E-state index contributed by atoms with van der Waals surface area (Å²) in [6, 6.07) is 15.4. The third kappa shape index (κ3) is 4.74. The van der Waals surface area contributed by atoms with Crippen molar-refractivity contribution in [3.63, 3.8) is 0 Å². The molecule has 0 saturated heterocycles. The number of hydrogen-bond donors (Lipinski definition) is 1. The molecule has 0 bridgehead atoms. The lowest BCUT2D eigenvalue weighted by Gasteiger charge is -2.20. The molecule has 2 heterocycles. The van der Waals surface area contributed by atoms with Crippen LogP contribution >= 0.6 is 11.8 Å². The lowest BCUT2D eigenvalue weighted by molar-refractivity contribution is -0.119. The number of pyridine rings is 1. The normalized spacial score (nSPS) is 12.1. The average Bonchev–Trinajstić information content (AvgIpc) is 3.19. The zero-order valence-corrected chi connectivity index (χ0v) is 17.6. The summed E-state index contributed by atoms with van der Waals surface area (Å²) in [5.74, 6) is 0.0980. The molecule has 2 aromatic rings. The van der Waals surface area contributed by atoms with Crippen LogP contribution in [0.15, 0.2) is 72.0 Å². The van der Waals surface area contributed by atoms with E-state index in [1.54, 1.807) is 35.0 Å². The summed E-state index contributed by atoms with van der Waals surface area (Å²) in [5, 5.41) is 3.24. The lowest BCUT2D eigenvalue weighted by atomic mass is 10.1. The van der Waals surface area contributed by atoms with Crippen LogP contribution < -0.4 is 5.32 Å². The SMILES string of the molecule is CCC(C(=O)Nc1ccccc1F)n1cccc2nc(SCc3ccc(F)cc3)nc1-2. The van der Waals surface area contributed by atoms with Crippen molar-refractivity contribution in [2.24, 2.45) is 0 Å². The number of benzene rings is 2. The van der Waals surface area contributed by atoms with Crippen molar-refractivity contribution < 1.29 is 13.6 Å². The molecule has 5 nitrogen and oxygen atoms in total. The number of halogens is 2. The number of carbonyl (C=O) groups is 1. The van der Waals surface area contributed by atoms with Crippen molar-refractivity contribution in [3.8, 4) is 11.5 Å². The van der Waals surface area contributed by atoms with Gasteiger partial charge in [0.25, 0.3) is 0 Å². The smallest absolute Gasteiger partial charge is 0.247 e. The van der Waals surface area contributed by atoms with E-state index in [0.717, 1.165) is 5.56 Å². The first-order chi connectivity index (χ1) is 15.0. The molecule has 1 unspecified atom stereocenters. The molecular formula is C23H20F2N4OS. The Balaban J connectivity index is 1.55. The number of carbonyl (C=O) groups excluding carboxylic acids is 1. The molecule has 1 amide bonds. The number of hydrogen-bond acceptors (Lipinski definition) is 4. The fourth-order valence-electron chi connectivity index (χ4n) is 3.26. The van der Waals surface area contributed by atoms with Gasteiger partial charge in [-0.1, -0.05) is 43.0 Å². The van der Waals surface area contributed by atoms with Crippen LogP contribution in [0.2, 0.25) is 0 Å². The quantitative estimate of drug-likeness (QED) is 0.385. The zero-order valence-electron chi connectivity index (χ0n) is 16.8. The Labute approximate surface area is 182 Å². The van der Waals surface area contributed by atoms with Crippen molar-refractivity contribution in [2.45, 2.75) is 30.3 Å². The largest absolute Gasteiger partial charge is 0.322 e. The number of amides is 1. The predicted octanol–water partition coefficient (Wildman–Crippen LogP) is 5.54. The predicted molar refractivity (Wildman–Crippen MR) is 117 cm³/mol. The molecule has 0 fully saturated rings. The topological polar surface area (TPSA) is 59.8 Å². The first-order valence-corrected chi connectivity index (χ1v) is 10.8. The number of nitrogens with zero attached hydrogens (tertiary/aromatic N) is 3. The van der Waals surface area contributed by atoms with Crippen LogP contribution in [0.3, 0.4) is 0 Å². The summed E-state index contributed by atoms with van der Waals surface area (Å²) < 4.78 is 28.8. The van der Waals surface area contributed by atoms with E-state index in [2.05, 4.69) is 15.3 Å². The summed E-state index contributed by atoms with van der Waals surface area (Å²) in [6.07, 6.45) is 2.27. The third-order valence-corrected chi connectivity index (χ3v) is 5.75. The Morgan fingerprint density at radius 2 is 1.84 bits per heavy atom. The molecule has 8 heteroatoms. The summed E-state index contributed by atoms with van der Waals surface area (Å²) in [6.45, 7) is 1.89. The molecule has 0 aliphatic carbocycles. The maximum Gasteiger partial charge on any atom is 0.247 e. The highest BCUT2D eigenvalue weighted by molar-refractivity contribution is 7.98. The standard InChI is InChI=1S/C23H20F2N4OS/c1-2-20(22(30)26-18-7-4-3-6-17(18)25)29-13-5-8-19-21(29)28-23(27-19)31-14-15-9-11-16(24)12-10-15/h3-13,20H,2,14H2,1H3,(H,26,30). The van der Waals surface area contributed by atoms with Gasteiger partial charge in [-0.2, -0.15) is 0 Å². The Kier molecular flexibility index (Phi) is 6.27. The number of aromatic nitrogens is 3. The van der Waals surface area contributed by atoms with Gasteiger partial charge in [-0.05, 0) is 48.4 Å². The maximum absolute atomic E-state index is 14.0. The van der Waals surface area contributed by atoms with E-state index in [1.807, 2.05) is 19.1 Å². The van der Waals surface area contributed by atoms with Crippen LogP contribution in [-0.4, -0.2) is 20.4 Å². The van der Waals surface area contributed by atoms with Gasteiger partial charge in [0.1, 0.15) is 23.4 Å². The van der Waals surface area contributed by atoms with E-state index >= 15 is 0 Å². The van der Waals surface area contributed by atoms with Gasteiger partial charge >= 0.3 is 0 Å². The molecule has 0 radical (unpaired) electrons. The van der Waals surface area contributed by atoms with Crippen molar-refractivity contribution in [1.29, 1.82) is 0 Å². The van der Waals surface area contributed by atoms with Gasteiger partial charge in [-0.3, -0.25) is 4.79 Å². The zero-order chi connectivity index (χ0) is 21.8. The number of rotatable bonds is 7. The minimum absolute atomic E-state index is 0.142. The number of imidazole rings is 1. The molecule has 2 aliphatic rings. The average molecular weight is 439 g/mol. The molecule has 0 saturated carbocycles. The maximum atomic E-state index is 14.0. The molecule has 31 heavy (non-hydrogen) atoms. The van der Waals surface area contributed by atoms with Crippen LogP contribution in [-0.2, 0) is 10.5 Å². The van der Waals surface area contributed by atoms with Gasteiger partial charge in [-0.15, -0.1) is 0 Å². The molecule has 1 atom stereocenters. The van der Waals surface area contributed by atoms with Gasteiger partial charge in [-0.25, -0.2) is 18.7 Å². The minimum atomic E-state index is -0.574. The molecule has 0 aromatic heterocycles. The van der Waals surface area contributed by atoms with Gasteiger partial charge in [0.05, 0.1) is 5.69 Å². The minimum Gasteiger partial charge on any atom is -0.322 e. The number of thioether (sulfide) groups is 1. The Morgan fingerprint density at radius 1 is 1.06 bits per heavy atom. The van der Waals surface area contributed by atoms with Crippen molar-refractivity contribution in [3.05, 3.63) is 84.1 Å². The van der Waals surface area contributed by atoms with Crippen molar-refractivity contribution >= 4 is 23.4 Å². The lowest BCUT2D eigenvalue weighted by Crippen LogP contribution is -2.27. The van der Waals surface area contributed by atoms with Gasteiger partial charge in [0.2, 0.25) is 5.91 Å². The first-order valence-electron chi connectivity index (χ1n) is 9.82. The first kappa shape index (κ1) is 21.0. The number of anilines is 1. The Hall–Kier alpha value is -3.26. The summed E-state index contributed by atoms with van der Waals surface area (Å²) in [5.41, 5.74) is 1.77. The fraction of sp³-hybridized carbons (Fsp3) is 0.174. The van der Waals surface area contributed by atoms with Crippen LogP contribution in [0, 0.1) is 11.6 Å². The molecule has 158 valence electrons. The summed E-state index contributed by atoms with van der Waals surface area (Å²) in [4.78, 5) is 22.1. The van der Waals surface area contributed by atoms with Crippen LogP contribution in [0.25, 0.3) is 11.5 Å². The molecular weight excluding hydrogens is 418 g/mol. The molecule has 2 aromatic carbocycles. The van der Waals surface area contributed by atoms with E-state index < -0.39 is 11.9 Å². The number of fused-ring (bicyclic) bond motifs is 1. The van der Waals surface area contributed by atoms with Crippen LogP contribution in [0.1, 0.15) is 24.9 Å². The monoisotopic (exact) mass is 438 g/mol. The van der Waals surface area contributed by atoms with E-state index in [9.17, 15) is 13.6 Å². The third-order valence-electron chi connectivity index (χ3n) is 4.83. The Bertz CT molecular complexity index is 1160. The summed E-state index contributed by atoms with van der Waals surface area (Å²) >= 11 is 1.44. The molecule has 0 spiro atoms. The van der Waals surface area contributed by atoms with Crippen molar-refractivity contribution in [2.75, 3.05) is 5.32 Å². The molecule has 1 N–H and O–H groups in total. The van der Waals surface area contributed by atoms with E-state index in [4.69, 9.17) is 0 Å². The highest BCUT2D eigenvalue weighted by Crippen LogP contribution is 2.29. The van der Waals surface area contributed by atoms with Gasteiger partial charge in [0, 0.05) is 11.9 Å². The van der Waals surface area contributed by atoms with E-state index in [-0.39, 0.29) is 17.4 Å². The second-order valence-electron chi connectivity index (χ2n) is 6.94. The highest BCUT2D eigenvalue weighted by Gasteiger charge is 2.24. The number of para-hydroxylation sites is 1.